The molecule has 10 nitrogen and oxygen atoms in total. The van der Waals surface area contributed by atoms with Gasteiger partial charge in [0.1, 0.15) is 6.04 Å². The largest absolute Gasteiger partial charge is 0.492 e. The summed E-state index contributed by atoms with van der Waals surface area (Å²) < 4.78 is 18.9. The predicted molar refractivity (Wildman–Crippen MR) is 124 cm³/mol. The molecule has 0 saturated carbocycles. The van der Waals surface area contributed by atoms with E-state index in [1.54, 1.807) is 16.7 Å². The van der Waals surface area contributed by atoms with Crippen molar-refractivity contribution in [3.63, 3.8) is 0 Å². The second kappa shape index (κ2) is 8.94. The number of para-hydroxylation sites is 1. The van der Waals surface area contributed by atoms with Gasteiger partial charge in [-0.25, -0.2) is 0 Å². The van der Waals surface area contributed by atoms with Crippen LogP contribution in [0.2, 0.25) is 0 Å². The molecule has 34 heavy (non-hydrogen) atoms. The molecule has 10 heteroatoms. The molecular weight excluding hydrogens is 436 g/mol. The van der Waals surface area contributed by atoms with Gasteiger partial charge in [-0.3, -0.25) is 9.69 Å². The lowest BCUT2D eigenvalue weighted by Gasteiger charge is -2.35. The molecule has 1 atom stereocenters. The second-order valence-corrected chi connectivity index (χ2v) is 8.29. The summed E-state index contributed by atoms with van der Waals surface area (Å²) in [6, 6.07) is 9.15. The number of hydrogen-bond acceptors (Lipinski definition) is 8. The summed E-state index contributed by atoms with van der Waals surface area (Å²) in [4.78, 5) is 17.3. The Labute approximate surface area is 198 Å². The van der Waals surface area contributed by atoms with E-state index in [0.717, 1.165) is 24.1 Å². The van der Waals surface area contributed by atoms with Gasteiger partial charge in [-0.1, -0.05) is 12.1 Å². The molecule has 2 aliphatic rings. The normalized spacial score (nSPS) is 16.9. The molecule has 0 aliphatic carbocycles. The summed E-state index contributed by atoms with van der Waals surface area (Å²) in [5.41, 5.74) is 3.24. The molecular formula is C24H28N6O4. The maximum absolute atomic E-state index is 13.3. The zero-order valence-corrected chi connectivity index (χ0v) is 19.8. The summed E-state index contributed by atoms with van der Waals surface area (Å²) >= 11 is 0. The highest BCUT2D eigenvalue weighted by molar-refractivity contribution is 5.97. The van der Waals surface area contributed by atoms with Crippen molar-refractivity contribution in [1.82, 2.24) is 30.0 Å². The summed E-state index contributed by atoms with van der Waals surface area (Å²) in [5, 5.41) is 12.7. The van der Waals surface area contributed by atoms with Gasteiger partial charge in [-0.2, -0.15) is 4.68 Å². The number of hydrogen-bond donors (Lipinski definition) is 0. The summed E-state index contributed by atoms with van der Waals surface area (Å²) in [5.74, 6) is 2.45. The zero-order chi connectivity index (χ0) is 23.8. The van der Waals surface area contributed by atoms with Crippen molar-refractivity contribution in [2.45, 2.75) is 26.3 Å². The number of carbonyl (C=O) groups excluding carboxylic acids is 1. The highest BCUT2D eigenvalue weighted by Crippen LogP contribution is 2.50. The third kappa shape index (κ3) is 3.45. The number of benzene rings is 2. The van der Waals surface area contributed by atoms with E-state index in [-0.39, 0.29) is 18.7 Å². The summed E-state index contributed by atoms with van der Waals surface area (Å²) in [6.45, 7) is 6.14. The Bertz CT molecular complexity index is 1220. The third-order valence-electron chi connectivity index (χ3n) is 6.55. The SMILES string of the molecule is CCN(CC)C(=O)c1ccccc1-n1nnnc1[C@@H]1c2c(cc3c(c2OC)OCO3)CCN1C. The van der Waals surface area contributed by atoms with Crippen LogP contribution in [0.15, 0.2) is 30.3 Å². The lowest BCUT2D eigenvalue weighted by Crippen LogP contribution is -2.35. The molecule has 178 valence electrons. The number of amides is 1. The topological polar surface area (TPSA) is 94.8 Å². The number of likely N-dealkylation sites (N-methyl/N-ethyl adjacent to an activating group) is 1. The molecule has 0 saturated heterocycles. The van der Waals surface area contributed by atoms with E-state index in [1.165, 1.54) is 0 Å². The van der Waals surface area contributed by atoms with Crippen LogP contribution in [0.3, 0.4) is 0 Å². The van der Waals surface area contributed by atoms with Crippen LogP contribution in [-0.4, -0.2) is 76.5 Å². The first-order chi connectivity index (χ1) is 16.6. The molecule has 0 N–H and O–H groups in total. The molecule has 2 aromatic carbocycles. The van der Waals surface area contributed by atoms with Gasteiger partial charge in [0.25, 0.3) is 5.91 Å². The van der Waals surface area contributed by atoms with E-state index in [0.29, 0.717) is 47.4 Å². The van der Waals surface area contributed by atoms with Gasteiger partial charge in [-0.05, 0) is 61.5 Å². The van der Waals surface area contributed by atoms with Crippen molar-refractivity contribution in [3.05, 3.63) is 52.8 Å². The Hall–Kier alpha value is -3.66. The molecule has 1 aromatic heterocycles. The first kappa shape index (κ1) is 22.1. The van der Waals surface area contributed by atoms with Gasteiger partial charge in [0, 0.05) is 25.2 Å². The Morgan fingerprint density at radius 2 is 2.03 bits per heavy atom. The van der Waals surface area contributed by atoms with Crippen molar-refractivity contribution < 1.29 is 19.0 Å². The first-order valence-electron chi connectivity index (χ1n) is 11.5. The van der Waals surface area contributed by atoms with E-state index < -0.39 is 0 Å². The van der Waals surface area contributed by atoms with Gasteiger partial charge >= 0.3 is 0 Å². The minimum Gasteiger partial charge on any atom is -0.492 e. The molecule has 0 unspecified atom stereocenters. The van der Waals surface area contributed by atoms with Crippen LogP contribution < -0.4 is 14.2 Å². The van der Waals surface area contributed by atoms with Crippen LogP contribution in [-0.2, 0) is 6.42 Å². The smallest absolute Gasteiger partial charge is 0.256 e. The van der Waals surface area contributed by atoms with E-state index in [4.69, 9.17) is 14.2 Å². The second-order valence-electron chi connectivity index (χ2n) is 8.29. The summed E-state index contributed by atoms with van der Waals surface area (Å²) in [6.07, 6.45) is 0.827. The van der Waals surface area contributed by atoms with Crippen LogP contribution >= 0.6 is 0 Å². The van der Waals surface area contributed by atoms with Crippen molar-refractivity contribution in [1.29, 1.82) is 0 Å². The Balaban J connectivity index is 1.66. The third-order valence-corrected chi connectivity index (χ3v) is 6.55. The average Bonchev–Trinajstić information content (AvgIpc) is 3.53. The number of ether oxygens (including phenoxy) is 3. The van der Waals surface area contributed by atoms with Gasteiger partial charge in [-0.15, -0.1) is 5.10 Å². The number of methoxy groups -OCH3 is 1. The van der Waals surface area contributed by atoms with E-state index in [9.17, 15) is 4.79 Å². The van der Waals surface area contributed by atoms with Crippen molar-refractivity contribution in [2.24, 2.45) is 0 Å². The van der Waals surface area contributed by atoms with Crippen LogP contribution in [0.1, 0.15) is 47.2 Å². The van der Waals surface area contributed by atoms with Crippen molar-refractivity contribution in [2.75, 3.05) is 40.6 Å². The van der Waals surface area contributed by atoms with Crippen LogP contribution in [0.25, 0.3) is 5.69 Å². The molecule has 3 aromatic rings. The van der Waals surface area contributed by atoms with E-state index in [1.807, 2.05) is 51.2 Å². The number of tetrazole rings is 1. The fraction of sp³-hybridized carbons (Fsp3) is 0.417. The Morgan fingerprint density at radius 3 is 2.79 bits per heavy atom. The van der Waals surface area contributed by atoms with Crippen LogP contribution in [0, 0.1) is 0 Å². The first-order valence-corrected chi connectivity index (χ1v) is 11.5. The number of fused-ring (bicyclic) bond motifs is 2. The van der Waals surface area contributed by atoms with Gasteiger partial charge in [0.05, 0.1) is 18.4 Å². The average molecular weight is 465 g/mol. The van der Waals surface area contributed by atoms with Crippen LogP contribution in [0.5, 0.6) is 17.2 Å². The van der Waals surface area contributed by atoms with Gasteiger partial charge < -0.3 is 19.1 Å². The zero-order valence-electron chi connectivity index (χ0n) is 19.8. The molecule has 0 bridgehead atoms. The summed E-state index contributed by atoms with van der Waals surface area (Å²) in [7, 11) is 3.66. The minimum absolute atomic E-state index is 0.0552. The van der Waals surface area contributed by atoms with E-state index in [2.05, 4.69) is 20.4 Å². The van der Waals surface area contributed by atoms with Gasteiger partial charge in [0.2, 0.25) is 12.5 Å². The highest BCUT2D eigenvalue weighted by atomic mass is 16.7. The molecule has 0 fully saturated rings. The lowest BCUT2D eigenvalue weighted by molar-refractivity contribution is 0.0772. The molecule has 5 rings (SSSR count). The molecule has 2 aliphatic heterocycles. The number of aromatic nitrogens is 4. The number of rotatable bonds is 6. The minimum atomic E-state index is -0.306. The molecule has 3 heterocycles. The number of carbonyl (C=O) groups is 1. The van der Waals surface area contributed by atoms with Crippen molar-refractivity contribution in [3.8, 4) is 22.9 Å². The fourth-order valence-corrected chi connectivity index (χ4v) is 4.82. The number of nitrogens with zero attached hydrogens (tertiary/aromatic N) is 6. The lowest BCUT2D eigenvalue weighted by atomic mass is 9.90. The van der Waals surface area contributed by atoms with Crippen molar-refractivity contribution >= 4 is 5.91 Å². The van der Waals surface area contributed by atoms with Crippen LogP contribution in [0.4, 0.5) is 0 Å². The quantitative estimate of drug-likeness (QED) is 0.549. The maximum atomic E-state index is 13.3. The monoisotopic (exact) mass is 464 g/mol. The Morgan fingerprint density at radius 1 is 1.24 bits per heavy atom. The predicted octanol–water partition coefficient (Wildman–Crippen LogP) is 2.46. The fourth-order valence-electron chi connectivity index (χ4n) is 4.82. The molecule has 0 radical (unpaired) electrons. The van der Waals surface area contributed by atoms with E-state index >= 15 is 0 Å². The van der Waals surface area contributed by atoms with Gasteiger partial charge in [0.15, 0.2) is 17.3 Å². The molecule has 0 spiro atoms. The molecule has 1 amide bonds. The Kier molecular flexibility index (Phi) is 5.82. The maximum Gasteiger partial charge on any atom is 0.256 e. The highest BCUT2D eigenvalue weighted by Gasteiger charge is 2.38. The standard InChI is InChI=1S/C24H28N6O4/c1-5-29(6-2)24(31)16-9-7-8-10-17(16)30-23(25-26-27-30)20-19-15(11-12-28(20)3)13-18-21(22(19)32-4)34-14-33-18/h7-10,13,20H,5-6,11-12,14H2,1-4H3/t20-/m0/s1.